The average molecular weight is 274 g/mol. The quantitative estimate of drug-likeness (QED) is 0.851. The van der Waals surface area contributed by atoms with Gasteiger partial charge in [0.25, 0.3) is 0 Å². The van der Waals surface area contributed by atoms with Gasteiger partial charge in [-0.1, -0.05) is 15.4 Å². The number of hydrogen-bond donors (Lipinski definition) is 0. The maximum atomic E-state index is 11.4. The molecule has 102 valence electrons. The molecule has 0 fully saturated rings. The molecule has 20 heavy (non-hydrogen) atoms. The second-order valence-electron chi connectivity index (χ2n) is 4.30. The van der Waals surface area contributed by atoms with E-state index in [1.807, 2.05) is 13.8 Å². The highest BCUT2D eigenvalue weighted by Crippen LogP contribution is 2.21. The van der Waals surface area contributed by atoms with Crippen molar-refractivity contribution in [3.63, 3.8) is 0 Å². The number of aromatic nitrogens is 3. The van der Waals surface area contributed by atoms with E-state index in [0.717, 1.165) is 16.2 Å². The number of rotatable bonds is 3. The van der Waals surface area contributed by atoms with Gasteiger partial charge in [-0.2, -0.15) is 5.10 Å². The molecule has 1 aliphatic heterocycles. The van der Waals surface area contributed by atoms with Crippen LogP contribution in [0, 0.1) is 13.8 Å². The SMILES string of the molecule is Cc1noc(C)c1Cn1cc(N2C(=O)N=NC2=O)cn1. The van der Waals surface area contributed by atoms with E-state index < -0.39 is 12.1 Å². The molecule has 0 N–H and O–H groups in total. The summed E-state index contributed by atoms with van der Waals surface area (Å²) in [4.78, 5) is 23.7. The molecule has 1 aliphatic rings. The number of hydrogen-bond acceptors (Lipinski definition) is 5. The van der Waals surface area contributed by atoms with E-state index in [1.165, 1.54) is 6.20 Å². The van der Waals surface area contributed by atoms with Gasteiger partial charge < -0.3 is 4.52 Å². The van der Waals surface area contributed by atoms with Gasteiger partial charge in [0.05, 0.1) is 24.1 Å². The molecule has 3 rings (SSSR count). The summed E-state index contributed by atoms with van der Waals surface area (Å²) < 4.78 is 6.65. The van der Waals surface area contributed by atoms with Gasteiger partial charge in [0, 0.05) is 11.8 Å². The van der Waals surface area contributed by atoms with E-state index in [4.69, 9.17) is 4.52 Å². The number of imide groups is 1. The molecule has 4 amide bonds. The Hall–Kier alpha value is -2.84. The lowest BCUT2D eigenvalue weighted by Crippen LogP contribution is -2.26. The summed E-state index contributed by atoms with van der Waals surface area (Å²) in [7, 11) is 0. The van der Waals surface area contributed by atoms with Gasteiger partial charge in [-0.15, -0.1) is 0 Å². The Bertz CT molecular complexity index is 691. The third-order valence-corrected chi connectivity index (χ3v) is 2.98. The first-order valence-corrected chi connectivity index (χ1v) is 5.80. The number of carbonyl (C=O) groups excluding carboxylic acids is 2. The lowest BCUT2D eigenvalue weighted by Gasteiger charge is -2.06. The average Bonchev–Trinajstić information content (AvgIpc) is 3.07. The standard InChI is InChI=1S/C11H10N6O3/c1-6-9(7(2)20-15-6)5-16-4-8(3-12-16)17-10(18)13-14-11(17)19/h3-4H,5H2,1-2H3. The van der Waals surface area contributed by atoms with Crippen molar-refractivity contribution in [3.05, 3.63) is 29.4 Å². The van der Waals surface area contributed by atoms with Crippen molar-refractivity contribution < 1.29 is 14.1 Å². The molecule has 0 saturated carbocycles. The summed E-state index contributed by atoms with van der Waals surface area (Å²) in [6.45, 7) is 4.08. The minimum Gasteiger partial charge on any atom is -0.361 e. The lowest BCUT2D eigenvalue weighted by molar-refractivity contribution is 0.249. The number of carbonyl (C=O) groups is 2. The van der Waals surface area contributed by atoms with Crippen molar-refractivity contribution in [2.45, 2.75) is 20.4 Å². The Morgan fingerprint density at radius 2 is 1.90 bits per heavy atom. The molecule has 0 bridgehead atoms. The van der Waals surface area contributed by atoms with Crippen molar-refractivity contribution in [3.8, 4) is 0 Å². The van der Waals surface area contributed by atoms with Crippen LogP contribution in [0.15, 0.2) is 27.1 Å². The van der Waals surface area contributed by atoms with E-state index in [1.54, 1.807) is 10.9 Å². The van der Waals surface area contributed by atoms with Crippen molar-refractivity contribution in [2.24, 2.45) is 10.2 Å². The lowest BCUT2D eigenvalue weighted by atomic mass is 10.2. The number of anilines is 1. The fourth-order valence-electron chi connectivity index (χ4n) is 1.92. The Morgan fingerprint density at radius 3 is 2.50 bits per heavy atom. The van der Waals surface area contributed by atoms with E-state index in [2.05, 4.69) is 20.5 Å². The molecule has 0 spiro atoms. The maximum Gasteiger partial charge on any atom is 0.375 e. The predicted molar refractivity (Wildman–Crippen MR) is 65.4 cm³/mol. The normalized spacial score (nSPS) is 14.6. The van der Waals surface area contributed by atoms with Crippen LogP contribution in [0.3, 0.4) is 0 Å². The molecule has 0 aromatic carbocycles. The molecule has 9 heteroatoms. The van der Waals surface area contributed by atoms with E-state index in [0.29, 0.717) is 18.0 Å². The fraction of sp³-hybridized carbons (Fsp3) is 0.273. The summed E-state index contributed by atoms with van der Waals surface area (Å²) in [6.07, 6.45) is 2.97. The minimum atomic E-state index is -0.716. The molecule has 2 aromatic rings. The first-order valence-electron chi connectivity index (χ1n) is 5.80. The zero-order valence-electron chi connectivity index (χ0n) is 10.8. The monoisotopic (exact) mass is 274 g/mol. The van der Waals surface area contributed by atoms with Crippen LogP contribution in [0.5, 0.6) is 0 Å². The highest BCUT2D eigenvalue weighted by molar-refractivity contribution is 6.17. The van der Waals surface area contributed by atoms with Crippen LogP contribution >= 0.6 is 0 Å². The largest absolute Gasteiger partial charge is 0.375 e. The molecule has 0 unspecified atom stereocenters. The van der Waals surface area contributed by atoms with E-state index in [9.17, 15) is 9.59 Å². The summed E-state index contributed by atoms with van der Waals surface area (Å²) in [5.41, 5.74) is 2.02. The number of azo groups is 1. The third kappa shape index (κ3) is 1.88. The highest BCUT2D eigenvalue weighted by Gasteiger charge is 2.30. The summed E-state index contributed by atoms with van der Waals surface area (Å²) in [6, 6.07) is -1.43. The maximum absolute atomic E-state index is 11.4. The second-order valence-corrected chi connectivity index (χ2v) is 4.30. The Morgan fingerprint density at radius 1 is 1.20 bits per heavy atom. The first-order chi connectivity index (χ1) is 9.56. The van der Waals surface area contributed by atoms with Crippen molar-refractivity contribution in [1.29, 1.82) is 0 Å². The van der Waals surface area contributed by atoms with E-state index in [-0.39, 0.29) is 0 Å². The smallest absolute Gasteiger partial charge is 0.361 e. The number of nitrogens with zero attached hydrogens (tertiary/aromatic N) is 6. The summed E-state index contributed by atoms with van der Waals surface area (Å²) in [5, 5.41) is 14.3. The van der Waals surface area contributed by atoms with Crippen LogP contribution in [0.25, 0.3) is 0 Å². The zero-order chi connectivity index (χ0) is 14.3. The Balaban J connectivity index is 1.85. The third-order valence-electron chi connectivity index (χ3n) is 2.98. The first kappa shape index (κ1) is 12.2. The van der Waals surface area contributed by atoms with Crippen molar-refractivity contribution in [2.75, 3.05) is 4.90 Å². The molecule has 2 aromatic heterocycles. The molecule has 0 radical (unpaired) electrons. The Labute approximate surface area is 112 Å². The van der Waals surface area contributed by atoms with Gasteiger partial charge in [-0.3, -0.25) is 4.68 Å². The fourth-order valence-corrected chi connectivity index (χ4v) is 1.92. The van der Waals surface area contributed by atoms with Gasteiger partial charge in [0.15, 0.2) is 0 Å². The summed E-state index contributed by atoms with van der Waals surface area (Å²) in [5.74, 6) is 0.706. The summed E-state index contributed by atoms with van der Waals surface area (Å²) >= 11 is 0. The van der Waals surface area contributed by atoms with Crippen LogP contribution in [-0.4, -0.2) is 27.0 Å². The molecule has 0 atom stereocenters. The number of urea groups is 2. The zero-order valence-corrected chi connectivity index (χ0v) is 10.8. The molecule has 3 heterocycles. The van der Waals surface area contributed by atoms with Gasteiger partial charge in [0.2, 0.25) is 0 Å². The molecular weight excluding hydrogens is 264 g/mol. The second kappa shape index (κ2) is 4.37. The molecular formula is C11H10N6O3. The molecule has 9 nitrogen and oxygen atoms in total. The van der Waals surface area contributed by atoms with Crippen molar-refractivity contribution in [1.82, 2.24) is 14.9 Å². The van der Waals surface area contributed by atoms with Crippen LogP contribution < -0.4 is 4.90 Å². The Kier molecular flexibility index (Phi) is 2.67. The molecule has 0 aliphatic carbocycles. The van der Waals surface area contributed by atoms with Gasteiger partial charge >= 0.3 is 12.1 Å². The number of aryl methyl sites for hydroxylation is 2. The molecule has 0 saturated heterocycles. The topological polar surface area (TPSA) is 106 Å². The van der Waals surface area contributed by atoms with Gasteiger partial charge in [-0.25, -0.2) is 14.5 Å². The van der Waals surface area contributed by atoms with Gasteiger partial charge in [-0.05, 0) is 13.8 Å². The number of amides is 4. The van der Waals surface area contributed by atoms with Crippen LogP contribution in [0.4, 0.5) is 15.3 Å². The van der Waals surface area contributed by atoms with Crippen LogP contribution in [0.2, 0.25) is 0 Å². The van der Waals surface area contributed by atoms with Crippen LogP contribution in [0.1, 0.15) is 17.0 Å². The highest BCUT2D eigenvalue weighted by atomic mass is 16.5. The minimum absolute atomic E-state index is 0.330. The van der Waals surface area contributed by atoms with Gasteiger partial charge in [0.1, 0.15) is 5.76 Å². The van der Waals surface area contributed by atoms with Crippen LogP contribution in [-0.2, 0) is 6.54 Å². The van der Waals surface area contributed by atoms with E-state index >= 15 is 0 Å². The van der Waals surface area contributed by atoms with Crippen molar-refractivity contribution >= 4 is 17.7 Å². The predicted octanol–water partition coefficient (Wildman–Crippen LogP) is 2.05.